The van der Waals surface area contributed by atoms with Gasteiger partial charge in [0.1, 0.15) is 17.2 Å². The van der Waals surface area contributed by atoms with Crippen molar-refractivity contribution in [3.05, 3.63) is 120 Å². The second-order valence-electron chi connectivity index (χ2n) is 14.7. The van der Waals surface area contributed by atoms with Gasteiger partial charge in [0.25, 0.3) is 11.8 Å². The smallest absolute Gasteiger partial charge is 0.408 e. The first kappa shape index (κ1) is 40.1. The fourth-order valence-corrected chi connectivity index (χ4v) is 6.49. The topological polar surface area (TPSA) is 194 Å². The van der Waals surface area contributed by atoms with Gasteiger partial charge < -0.3 is 24.8 Å². The number of ether oxygens (including phenoxy) is 1. The normalized spacial score (nSPS) is 12.5. The van der Waals surface area contributed by atoms with Gasteiger partial charge in [0.05, 0.1) is 51.0 Å². The van der Waals surface area contributed by atoms with Crippen molar-refractivity contribution in [3.8, 4) is 45.4 Å². The Morgan fingerprint density at radius 3 is 1.58 bits per heavy atom. The Morgan fingerprint density at radius 2 is 1.17 bits per heavy atom. The number of carbonyl (C=O) groups is 1. The van der Waals surface area contributed by atoms with E-state index in [0.717, 1.165) is 0 Å². The van der Waals surface area contributed by atoms with Gasteiger partial charge in [-0.25, -0.2) is 18.6 Å². The van der Waals surface area contributed by atoms with Gasteiger partial charge in [-0.3, -0.25) is 15.0 Å². The molecule has 59 heavy (non-hydrogen) atoms. The average Bonchev–Trinajstić information content (AvgIpc) is 3.83. The molecule has 2 unspecified atom stereocenters. The van der Waals surface area contributed by atoms with Gasteiger partial charge in [-0.2, -0.15) is 9.97 Å². The fraction of sp³-hybridized carbons (Fsp3) is 0.233. The number of nitrogens with two attached hydrogens (primary N) is 1. The first-order valence-corrected chi connectivity index (χ1v) is 18.6. The van der Waals surface area contributed by atoms with Gasteiger partial charge >= 0.3 is 6.09 Å². The average molecular weight is 799 g/mol. The van der Waals surface area contributed by atoms with Crippen molar-refractivity contribution in [2.75, 3.05) is 0 Å². The third kappa shape index (κ3) is 8.77. The van der Waals surface area contributed by atoms with Crippen LogP contribution < -0.4 is 11.1 Å². The van der Waals surface area contributed by atoms with Crippen LogP contribution in [0, 0.1) is 25.5 Å². The second kappa shape index (κ2) is 16.4. The van der Waals surface area contributed by atoms with E-state index in [2.05, 4.69) is 40.6 Å². The van der Waals surface area contributed by atoms with E-state index in [1.165, 1.54) is 24.3 Å². The van der Waals surface area contributed by atoms with E-state index in [0.29, 0.717) is 78.5 Å². The maximum atomic E-state index is 14.3. The van der Waals surface area contributed by atoms with E-state index in [9.17, 15) is 13.6 Å². The molecule has 300 valence electrons. The molecule has 6 aromatic heterocycles. The van der Waals surface area contributed by atoms with Gasteiger partial charge in [0.15, 0.2) is 11.6 Å². The molecule has 8 aromatic rings. The zero-order chi connectivity index (χ0) is 42.0. The first-order valence-electron chi connectivity index (χ1n) is 18.6. The number of hydrogen-bond acceptors (Lipinski definition) is 13. The van der Waals surface area contributed by atoms with Crippen LogP contribution in [0.15, 0.2) is 94.2 Å². The van der Waals surface area contributed by atoms with Gasteiger partial charge in [-0.05, 0) is 109 Å². The van der Waals surface area contributed by atoms with Crippen molar-refractivity contribution in [1.29, 1.82) is 0 Å². The molecule has 0 saturated heterocycles. The van der Waals surface area contributed by atoms with Crippen molar-refractivity contribution in [2.24, 2.45) is 5.73 Å². The molecule has 0 spiro atoms. The summed E-state index contributed by atoms with van der Waals surface area (Å²) in [6.45, 7) is 12.4. The van der Waals surface area contributed by atoms with E-state index in [-0.39, 0.29) is 23.6 Å². The van der Waals surface area contributed by atoms with Crippen LogP contribution in [0.1, 0.15) is 69.7 Å². The number of nitrogens with zero attached hydrogens (tertiary/aromatic N) is 8. The quantitative estimate of drug-likeness (QED) is 0.155. The molecule has 0 bridgehead atoms. The molecule has 0 aliphatic rings. The van der Waals surface area contributed by atoms with Crippen LogP contribution in [0.25, 0.3) is 67.2 Å². The van der Waals surface area contributed by atoms with Crippen molar-refractivity contribution < 1.29 is 27.4 Å². The number of pyridine rings is 4. The lowest BCUT2D eigenvalue weighted by Gasteiger charge is -2.23. The number of alkyl carbamates (subject to hydrolysis) is 1. The minimum Gasteiger partial charge on any atom is -0.444 e. The van der Waals surface area contributed by atoms with E-state index in [1.54, 1.807) is 78.2 Å². The molecule has 14 nitrogen and oxygen atoms in total. The number of amides is 1. The summed E-state index contributed by atoms with van der Waals surface area (Å²) >= 11 is 0. The van der Waals surface area contributed by atoms with Gasteiger partial charge in [0.2, 0.25) is 0 Å². The molecule has 6 heterocycles. The van der Waals surface area contributed by atoms with Gasteiger partial charge in [-0.15, -0.1) is 0 Å². The van der Waals surface area contributed by atoms with Crippen LogP contribution >= 0.6 is 0 Å². The van der Waals surface area contributed by atoms with Crippen molar-refractivity contribution in [3.63, 3.8) is 0 Å². The van der Waals surface area contributed by atoms with E-state index in [4.69, 9.17) is 24.5 Å². The van der Waals surface area contributed by atoms with E-state index >= 15 is 0 Å². The summed E-state index contributed by atoms with van der Waals surface area (Å²) in [5.41, 5.74) is 11.3. The Balaban J connectivity index is 0.000000184. The lowest BCUT2D eigenvalue weighted by atomic mass is 9.94. The highest BCUT2D eigenvalue weighted by molar-refractivity contribution is 6.02. The Morgan fingerprint density at radius 1 is 0.695 bits per heavy atom. The molecular formula is C43H40F2N10O4. The molecule has 0 aliphatic carbocycles. The Hall–Kier alpha value is -7.07. The van der Waals surface area contributed by atoms with Crippen molar-refractivity contribution in [1.82, 2.24) is 45.5 Å². The minimum absolute atomic E-state index is 0.205. The molecule has 1 amide bonds. The predicted molar refractivity (Wildman–Crippen MR) is 216 cm³/mol. The summed E-state index contributed by atoms with van der Waals surface area (Å²) in [6, 6.07) is 18.7. The van der Waals surface area contributed by atoms with Gasteiger partial charge in [-0.1, -0.05) is 22.4 Å². The molecule has 0 aliphatic heterocycles. The van der Waals surface area contributed by atoms with Crippen LogP contribution in [0.4, 0.5) is 13.6 Å². The third-order valence-corrected chi connectivity index (χ3v) is 8.85. The van der Waals surface area contributed by atoms with Crippen LogP contribution in [-0.4, -0.2) is 51.9 Å². The molecule has 0 fully saturated rings. The summed E-state index contributed by atoms with van der Waals surface area (Å²) in [5, 5.41) is 11.7. The van der Waals surface area contributed by atoms with Crippen LogP contribution in [-0.2, 0) is 4.74 Å². The van der Waals surface area contributed by atoms with Gasteiger partial charge in [0, 0.05) is 40.3 Å². The zero-order valence-electron chi connectivity index (χ0n) is 33.3. The molecule has 8 rings (SSSR count). The molecule has 2 aromatic carbocycles. The number of halogens is 2. The molecule has 16 heteroatoms. The summed E-state index contributed by atoms with van der Waals surface area (Å²) in [7, 11) is 0. The lowest BCUT2D eigenvalue weighted by molar-refractivity contribution is 0.0507. The summed E-state index contributed by atoms with van der Waals surface area (Å²) in [6.07, 6.45) is 2.74. The van der Waals surface area contributed by atoms with Crippen molar-refractivity contribution >= 4 is 27.9 Å². The monoisotopic (exact) mass is 798 g/mol. The van der Waals surface area contributed by atoms with E-state index in [1.807, 2.05) is 31.2 Å². The van der Waals surface area contributed by atoms with Crippen LogP contribution in [0.2, 0.25) is 0 Å². The molecule has 0 radical (unpaired) electrons. The highest BCUT2D eigenvalue weighted by Gasteiger charge is 2.28. The molecule has 0 saturated carbocycles. The molecule has 3 N–H and O–H groups in total. The summed E-state index contributed by atoms with van der Waals surface area (Å²) in [4.78, 5) is 39.6. The largest absolute Gasteiger partial charge is 0.444 e. The Kier molecular flexibility index (Phi) is 11.2. The third-order valence-electron chi connectivity index (χ3n) is 8.85. The Labute approximate surface area is 337 Å². The Bertz CT molecular complexity index is 2790. The molecule has 2 atom stereocenters. The number of hydrogen-bond donors (Lipinski definition) is 2. The highest BCUT2D eigenvalue weighted by atomic mass is 19.1. The summed E-state index contributed by atoms with van der Waals surface area (Å²) < 4.78 is 44.6. The zero-order valence-corrected chi connectivity index (χ0v) is 33.3. The lowest BCUT2D eigenvalue weighted by Crippen LogP contribution is -2.34. The maximum absolute atomic E-state index is 14.3. The van der Waals surface area contributed by atoms with Crippen molar-refractivity contribution in [2.45, 2.75) is 66.2 Å². The predicted octanol–water partition coefficient (Wildman–Crippen LogP) is 9.19. The molecular weight excluding hydrogens is 759 g/mol. The minimum atomic E-state index is -0.658. The van der Waals surface area contributed by atoms with Crippen LogP contribution in [0.3, 0.4) is 0 Å². The number of benzene rings is 2. The number of aryl methyl sites for hydroxylation is 2. The maximum Gasteiger partial charge on any atom is 0.408 e. The first-order chi connectivity index (χ1) is 28.2. The van der Waals surface area contributed by atoms with Crippen LogP contribution in [0.5, 0.6) is 0 Å². The number of carbonyl (C=O) groups excluding carboxylic acids is 1. The highest BCUT2D eigenvalue weighted by Crippen LogP contribution is 2.42. The number of fused-ring (bicyclic) bond motifs is 2. The number of nitrogens with one attached hydrogen (secondary N) is 1. The SMILES string of the molecule is Cc1noc(-c2c(-c3ccccn3)c(C(C)N)nc3ccc(F)cc23)n1.Cc1noc(-c2c(-c3ccccn3)c(C(C)NC(=O)OC(C)(C)C)nc3ccc(F)cc23)n1. The fourth-order valence-electron chi connectivity index (χ4n) is 6.49. The number of aromatic nitrogens is 8. The second-order valence-corrected chi connectivity index (χ2v) is 14.7. The number of rotatable bonds is 7. The summed E-state index contributed by atoms with van der Waals surface area (Å²) in [5.74, 6) is 0.592. The standard InChI is InChI=1S/C24H24FN5O3.C19H16FN5O/c1-13(27-23(31)32-24(3,4)5)21-20(18-8-6-7-11-26-18)19(22-28-14(2)30-33-22)16-12-15(25)9-10-17(16)29-21;1-10(21)18-17(15-5-3-4-8-22-15)16(19-23-11(2)25-26-19)13-9-12(20)6-7-14(13)24-18/h6-13H,1-5H3,(H,27,31);3-10H,21H2,1-2H3. The van der Waals surface area contributed by atoms with E-state index < -0.39 is 23.6 Å².